The maximum Gasteiger partial charge on any atom is 0.134 e. The Morgan fingerprint density at radius 1 is 1.35 bits per heavy atom. The predicted molar refractivity (Wildman–Crippen MR) is 87.3 cm³/mol. The molecule has 1 aromatic carbocycles. The maximum atomic E-state index is 5.81. The average molecular weight is 355 g/mol. The van der Waals surface area contributed by atoms with Crippen LogP contribution in [0.1, 0.15) is 29.6 Å². The molecule has 0 saturated heterocycles. The zero-order valence-electron chi connectivity index (χ0n) is 11.6. The van der Waals surface area contributed by atoms with Crippen LogP contribution in [0.15, 0.2) is 28.1 Å². The van der Waals surface area contributed by atoms with Crippen molar-refractivity contribution >= 4 is 27.3 Å². The van der Waals surface area contributed by atoms with E-state index in [0.717, 1.165) is 35.2 Å². The number of nitrogens with zero attached hydrogens (tertiary/aromatic N) is 1. The van der Waals surface area contributed by atoms with Crippen molar-refractivity contribution in [1.82, 2.24) is 4.98 Å². The predicted octanol–water partition coefficient (Wildman–Crippen LogP) is 3.94. The minimum absolute atomic E-state index is 0.509. The van der Waals surface area contributed by atoms with E-state index in [0.29, 0.717) is 13.2 Å². The van der Waals surface area contributed by atoms with Gasteiger partial charge in [-0.05, 0) is 59.4 Å². The number of thiazole rings is 1. The molecular weight excluding hydrogens is 336 g/mol. The summed E-state index contributed by atoms with van der Waals surface area (Å²) < 4.78 is 6.78. The Hall–Kier alpha value is -0.910. The van der Waals surface area contributed by atoms with Crippen molar-refractivity contribution < 1.29 is 4.74 Å². The summed E-state index contributed by atoms with van der Waals surface area (Å²) in [6, 6.07) is 6.09. The summed E-state index contributed by atoms with van der Waals surface area (Å²) in [6.07, 6.45) is 3.05. The number of hydrogen-bond donors (Lipinski definition) is 1. The van der Waals surface area contributed by atoms with Gasteiger partial charge in [-0.25, -0.2) is 4.98 Å². The van der Waals surface area contributed by atoms with Gasteiger partial charge in [-0.1, -0.05) is 13.0 Å². The fraction of sp³-hybridized carbons (Fsp3) is 0.400. The number of ether oxygens (including phenoxy) is 1. The van der Waals surface area contributed by atoms with E-state index in [-0.39, 0.29) is 0 Å². The second-order valence-corrected chi connectivity index (χ2v) is 6.37. The van der Waals surface area contributed by atoms with Gasteiger partial charge in [-0.3, -0.25) is 0 Å². The minimum Gasteiger partial charge on any atom is -0.486 e. The van der Waals surface area contributed by atoms with Crippen LogP contribution >= 0.6 is 27.3 Å². The molecule has 0 unspecified atom stereocenters. The molecule has 108 valence electrons. The Kier molecular flexibility index (Phi) is 6.01. The molecule has 0 spiro atoms. The topological polar surface area (TPSA) is 48.1 Å². The van der Waals surface area contributed by atoms with Gasteiger partial charge >= 0.3 is 0 Å². The molecule has 2 rings (SSSR count). The lowest BCUT2D eigenvalue weighted by atomic mass is 10.1. The van der Waals surface area contributed by atoms with Crippen molar-refractivity contribution in [3.63, 3.8) is 0 Å². The molecule has 0 aliphatic heterocycles. The van der Waals surface area contributed by atoms with E-state index in [4.69, 9.17) is 10.5 Å². The van der Waals surface area contributed by atoms with Gasteiger partial charge in [-0.15, -0.1) is 11.3 Å². The second-order valence-electron chi connectivity index (χ2n) is 4.57. The molecule has 20 heavy (non-hydrogen) atoms. The van der Waals surface area contributed by atoms with Crippen LogP contribution in [0.25, 0.3) is 0 Å². The van der Waals surface area contributed by atoms with Gasteiger partial charge < -0.3 is 10.5 Å². The van der Waals surface area contributed by atoms with Crippen LogP contribution in [0.3, 0.4) is 0 Å². The molecule has 0 atom stereocenters. The zero-order valence-corrected chi connectivity index (χ0v) is 14.0. The number of hydrogen-bond acceptors (Lipinski definition) is 4. The number of halogens is 1. The summed E-state index contributed by atoms with van der Waals surface area (Å²) in [5, 5.41) is 3.25. The minimum atomic E-state index is 0.509. The third-order valence-electron chi connectivity index (χ3n) is 2.87. The fourth-order valence-corrected chi connectivity index (χ4v) is 3.30. The quantitative estimate of drug-likeness (QED) is 0.818. The van der Waals surface area contributed by atoms with Gasteiger partial charge in [0.2, 0.25) is 0 Å². The van der Waals surface area contributed by atoms with E-state index in [9.17, 15) is 0 Å². The Balaban J connectivity index is 1.95. The van der Waals surface area contributed by atoms with E-state index in [2.05, 4.69) is 45.4 Å². The van der Waals surface area contributed by atoms with Gasteiger partial charge in [0, 0.05) is 5.38 Å². The first kappa shape index (κ1) is 15.5. The molecule has 0 saturated carbocycles. The van der Waals surface area contributed by atoms with Crippen molar-refractivity contribution in [2.24, 2.45) is 5.73 Å². The first-order chi connectivity index (χ1) is 9.72. The van der Waals surface area contributed by atoms with Crippen molar-refractivity contribution in [3.8, 4) is 5.75 Å². The van der Waals surface area contributed by atoms with Gasteiger partial charge in [0.05, 0.1) is 15.2 Å². The lowest BCUT2D eigenvalue weighted by Crippen LogP contribution is -2.03. The van der Waals surface area contributed by atoms with E-state index >= 15 is 0 Å². The second kappa shape index (κ2) is 7.76. The molecule has 5 heteroatoms. The Morgan fingerprint density at radius 2 is 2.20 bits per heavy atom. The highest BCUT2D eigenvalue weighted by atomic mass is 79.9. The van der Waals surface area contributed by atoms with Crippen LogP contribution in [0.2, 0.25) is 0 Å². The van der Waals surface area contributed by atoms with Gasteiger partial charge in [0.25, 0.3) is 0 Å². The van der Waals surface area contributed by atoms with Crippen molar-refractivity contribution in [1.29, 1.82) is 0 Å². The fourth-order valence-electron chi connectivity index (χ4n) is 1.88. The van der Waals surface area contributed by atoms with Crippen molar-refractivity contribution in [3.05, 3.63) is 44.3 Å². The summed E-state index contributed by atoms with van der Waals surface area (Å²) in [6.45, 7) is 3.33. The molecule has 1 aromatic heterocycles. The molecule has 0 radical (unpaired) electrons. The molecule has 0 bridgehead atoms. The highest BCUT2D eigenvalue weighted by Crippen LogP contribution is 2.27. The lowest BCUT2D eigenvalue weighted by molar-refractivity contribution is 0.300. The number of aromatic nitrogens is 1. The van der Waals surface area contributed by atoms with Crippen molar-refractivity contribution in [2.45, 2.75) is 32.8 Å². The first-order valence-corrected chi connectivity index (χ1v) is 8.44. The molecule has 0 amide bonds. The van der Waals surface area contributed by atoms with Crippen molar-refractivity contribution in [2.75, 3.05) is 6.54 Å². The largest absolute Gasteiger partial charge is 0.486 e. The standard InChI is InChI=1S/C15H19BrN2OS/c1-2-3-15-18-12(10-20-15)9-19-14-5-4-11(6-7-17)8-13(14)16/h4-5,8,10H,2-3,6-7,9,17H2,1H3. The lowest BCUT2D eigenvalue weighted by Gasteiger charge is -2.08. The Bertz CT molecular complexity index is 557. The van der Waals surface area contributed by atoms with Gasteiger partial charge in [0.15, 0.2) is 0 Å². The number of benzene rings is 1. The monoisotopic (exact) mass is 354 g/mol. The Morgan fingerprint density at radius 3 is 2.90 bits per heavy atom. The number of rotatable bonds is 7. The molecule has 0 aliphatic rings. The highest BCUT2D eigenvalue weighted by molar-refractivity contribution is 9.10. The summed E-state index contributed by atoms with van der Waals surface area (Å²) in [5.74, 6) is 0.843. The van der Waals surface area contributed by atoms with Crippen LogP contribution in [-0.2, 0) is 19.4 Å². The third-order valence-corrected chi connectivity index (χ3v) is 4.45. The van der Waals surface area contributed by atoms with Gasteiger partial charge in [0.1, 0.15) is 12.4 Å². The Labute approximate surface area is 132 Å². The smallest absolute Gasteiger partial charge is 0.134 e. The number of aryl methyl sites for hydroxylation is 1. The molecule has 1 heterocycles. The van der Waals surface area contributed by atoms with Crippen LogP contribution < -0.4 is 10.5 Å². The summed E-state index contributed by atoms with van der Waals surface area (Å²) >= 11 is 5.24. The van der Waals surface area contributed by atoms with E-state index < -0.39 is 0 Å². The zero-order chi connectivity index (χ0) is 14.4. The summed E-state index contributed by atoms with van der Waals surface area (Å²) in [5.41, 5.74) is 7.77. The SMILES string of the molecule is CCCc1nc(COc2ccc(CCN)cc2Br)cs1. The normalized spacial score (nSPS) is 10.8. The van der Waals surface area contributed by atoms with Crippen LogP contribution in [-0.4, -0.2) is 11.5 Å². The maximum absolute atomic E-state index is 5.81. The molecule has 3 nitrogen and oxygen atoms in total. The third kappa shape index (κ3) is 4.30. The molecule has 2 N–H and O–H groups in total. The average Bonchev–Trinajstić information content (AvgIpc) is 2.86. The van der Waals surface area contributed by atoms with Crippen LogP contribution in [0, 0.1) is 0 Å². The van der Waals surface area contributed by atoms with Crippen LogP contribution in [0.5, 0.6) is 5.75 Å². The number of nitrogens with two attached hydrogens (primary N) is 1. The van der Waals surface area contributed by atoms with E-state index in [1.54, 1.807) is 11.3 Å². The van der Waals surface area contributed by atoms with Gasteiger partial charge in [-0.2, -0.15) is 0 Å². The first-order valence-electron chi connectivity index (χ1n) is 6.77. The van der Waals surface area contributed by atoms with Crippen LogP contribution in [0.4, 0.5) is 0 Å². The summed E-state index contributed by atoms with van der Waals surface area (Å²) in [7, 11) is 0. The summed E-state index contributed by atoms with van der Waals surface area (Å²) in [4.78, 5) is 4.55. The van der Waals surface area contributed by atoms with E-state index in [1.165, 1.54) is 10.6 Å². The molecular formula is C15H19BrN2OS. The molecule has 0 fully saturated rings. The molecule has 0 aliphatic carbocycles. The molecule has 2 aromatic rings. The highest BCUT2D eigenvalue weighted by Gasteiger charge is 2.05. The van der Waals surface area contributed by atoms with E-state index in [1.807, 2.05) is 6.07 Å².